The van der Waals surface area contributed by atoms with Crippen LogP contribution in [0.25, 0.3) is 0 Å². The quantitative estimate of drug-likeness (QED) is 0.688. The lowest BCUT2D eigenvalue weighted by Gasteiger charge is -2.20. The van der Waals surface area contributed by atoms with Gasteiger partial charge in [0.25, 0.3) is 0 Å². The van der Waals surface area contributed by atoms with E-state index in [0.717, 1.165) is 0 Å². The molecule has 0 spiro atoms. The monoisotopic (exact) mass is 344 g/mol. The Bertz CT molecular complexity index is 535. The molecule has 130 valence electrons. The fourth-order valence-corrected chi connectivity index (χ4v) is 2.19. The maximum absolute atomic E-state index is 11.7. The van der Waals surface area contributed by atoms with Gasteiger partial charge in [-0.15, -0.1) is 0 Å². The molecule has 0 aliphatic carbocycles. The van der Waals surface area contributed by atoms with Crippen LogP contribution in [0.5, 0.6) is 5.75 Å². The van der Waals surface area contributed by atoms with Gasteiger partial charge in [-0.2, -0.15) is 0 Å². The van der Waals surface area contributed by atoms with Crippen LogP contribution in [0.15, 0.2) is 12.1 Å². The van der Waals surface area contributed by atoms with E-state index < -0.39 is 17.9 Å². The molecule has 1 atom stereocenters. The summed E-state index contributed by atoms with van der Waals surface area (Å²) in [6.45, 7) is 7.37. The summed E-state index contributed by atoms with van der Waals surface area (Å²) in [6, 6.07) is 2.34. The first-order chi connectivity index (χ1) is 10.9. The summed E-state index contributed by atoms with van der Waals surface area (Å²) < 4.78 is 4.87. The Balaban J connectivity index is 0.00000232. The van der Waals surface area contributed by atoms with Gasteiger partial charge < -0.3 is 20.9 Å². The highest BCUT2D eigenvalue weighted by Crippen LogP contribution is 2.32. The Hall–Kier alpha value is -1.79. The zero-order valence-electron chi connectivity index (χ0n) is 14.0. The van der Waals surface area contributed by atoms with Crippen LogP contribution in [0.2, 0.25) is 5.02 Å². The minimum absolute atomic E-state index is 0.0222. The van der Waals surface area contributed by atoms with Crippen molar-refractivity contribution in [3.8, 4) is 5.75 Å². The molecule has 1 aromatic rings. The number of esters is 1. The van der Waals surface area contributed by atoms with E-state index in [1.807, 2.05) is 13.8 Å². The molecule has 0 radical (unpaired) electrons. The van der Waals surface area contributed by atoms with Crippen LogP contribution in [0.1, 0.15) is 44.4 Å². The summed E-state index contributed by atoms with van der Waals surface area (Å²) in [5.74, 6) is -0.954. The van der Waals surface area contributed by atoms with Crippen LogP contribution in [-0.2, 0) is 14.3 Å². The number of amides is 1. The average molecular weight is 345 g/mol. The summed E-state index contributed by atoms with van der Waals surface area (Å²) in [5.41, 5.74) is 6.17. The van der Waals surface area contributed by atoms with E-state index in [9.17, 15) is 14.7 Å². The number of benzene rings is 1. The van der Waals surface area contributed by atoms with Crippen molar-refractivity contribution in [1.82, 2.24) is 5.32 Å². The largest absolute Gasteiger partial charge is 0.507 e. The highest BCUT2D eigenvalue weighted by molar-refractivity contribution is 6.30. The Morgan fingerprint density at radius 2 is 2.00 bits per heavy atom. The number of hydrogen-bond donors (Lipinski definition) is 3. The molecular formula is C16H25ClN2O4. The second kappa shape index (κ2) is 10.9. The number of phenolic OH excluding ortho intramolecular Hbond substituents is 1. The first kappa shape index (κ1) is 21.2. The molecule has 1 amide bonds. The number of nitrogens with two attached hydrogens (primary N) is 1. The van der Waals surface area contributed by atoms with Crippen LogP contribution in [-0.4, -0.2) is 30.1 Å². The van der Waals surface area contributed by atoms with E-state index in [0.29, 0.717) is 16.1 Å². The molecule has 1 rings (SSSR count). The summed E-state index contributed by atoms with van der Waals surface area (Å²) in [6.07, 6.45) is -0.118. The fraction of sp³-hybridized carbons (Fsp3) is 0.500. The number of aryl methyl sites for hydroxylation is 1. The van der Waals surface area contributed by atoms with E-state index in [-0.39, 0.29) is 25.3 Å². The predicted molar refractivity (Wildman–Crippen MR) is 90.4 cm³/mol. The zero-order valence-corrected chi connectivity index (χ0v) is 14.7. The molecule has 4 N–H and O–H groups in total. The minimum atomic E-state index is -0.752. The number of carbonyl (C=O) groups excluding carboxylic acids is 2. The van der Waals surface area contributed by atoms with Gasteiger partial charge in [-0.05, 0) is 31.5 Å². The molecule has 1 aromatic carbocycles. The van der Waals surface area contributed by atoms with Gasteiger partial charge in [-0.1, -0.05) is 25.4 Å². The first-order valence-electron chi connectivity index (χ1n) is 7.53. The number of phenols is 1. The Labute approximate surface area is 142 Å². The highest BCUT2D eigenvalue weighted by Gasteiger charge is 2.23. The van der Waals surface area contributed by atoms with Crippen molar-refractivity contribution in [3.63, 3.8) is 0 Å². The van der Waals surface area contributed by atoms with Crippen LogP contribution >= 0.6 is 11.6 Å². The molecular weight excluding hydrogens is 320 g/mol. The SMILES string of the molecule is CC.CCOC(=O)C[C@H](NC(=O)CN)c1cc(Cl)cc(C)c1O. The molecule has 0 aliphatic heterocycles. The van der Waals surface area contributed by atoms with E-state index >= 15 is 0 Å². The predicted octanol–water partition coefficient (Wildman–Crippen LogP) is 2.45. The second-order valence-corrected chi connectivity index (χ2v) is 4.93. The summed E-state index contributed by atoms with van der Waals surface area (Å²) >= 11 is 5.97. The highest BCUT2D eigenvalue weighted by atomic mass is 35.5. The van der Waals surface area contributed by atoms with Crippen molar-refractivity contribution >= 4 is 23.5 Å². The molecule has 0 aromatic heterocycles. The van der Waals surface area contributed by atoms with E-state index in [1.54, 1.807) is 19.9 Å². The molecule has 23 heavy (non-hydrogen) atoms. The molecule has 0 saturated carbocycles. The van der Waals surface area contributed by atoms with E-state index in [1.165, 1.54) is 6.07 Å². The lowest BCUT2D eigenvalue weighted by Crippen LogP contribution is -2.35. The third kappa shape index (κ3) is 6.88. The maximum atomic E-state index is 11.7. The van der Waals surface area contributed by atoms with Gasteiger partial charge in [0.15, 0.2) is 0 Å². The molecule has 0 bridgehead atoms. The number of aromatic hydroxyl groups is 1. The van der Waals surface area contributed by atoms with Gasteiger partial charge in [0, 0.05) is 10.6 Å². The van der Waals surface area contributed by atoms with E-state index in [2.05, 4.69) is 5.32 Å². The topological polar surface area (TPSA) is 102 Å². The average Bonchev–Trinajstić information content (AvgIpc) is 2.52. The van der Waals surface area contributed by atoms with Crippen LogP contribution in [0, 0.1) is 6.92 Å². The number of rotatable bonds is 6. The number of halogens is 1. The van der Waals surface area contributed by atoms with Crippen molar-refractivity contribution in [1.29, 1.82) is 0 Å². The first-order valence-corrected chi connectivity index (χ1v) is 7.90. The maximum Gasteiger partial charge on any atom is 0.308 e. The van der Waals surface area contributed by atoms with Crippen LogP contribution in [0.3, 0.4) is 0 Å². The van der Waals surface area contributed by atoms with Gasteiger partial charge in [-0.25, -0.2) is 0 Å². The van der Waals surface area contributed by atoms with Crippen molar-refractivity contribution in [2.24, 2.45) is 5.73 Å². The number of ether oxygens (including phenoxy) is 1. The number of carbonyl (C=O) groups is 2. The Kier molecular flexibility index (Phi) is 10.0. The third-order valence-electron chi connectivity index (χ3n) is 2.87. The molecule has 7 heteroatoms. The van der Waals surface area contributed by atoms with Crippen molar-refractivity contribution in [2.75, 3.05) is 13.2 Å². The summed E-state index contributed by atoms with van der Waals surface area (Å²) in [7, 11) is 0. The van der Waals surface area contributed by atoms with Crippen LogP contribution in [0.4, 0.5) is 0 Å². The molecule has 0 unspecified atom stereocenters. The van der Waals surface area contributed by atoms with Crippen LogP contribution < -0.4 is 11.1 Å². The van der Waals surface area contributed by atoms with Gasteiger partial charge in [0.2, 0.25) is 5.91 Å². The molecule has 6 nitrogen and oxygen atoms in total. The molecule has 0 aliphatic rings. The fourth-order valence-electron chi connectivity index (χ4n) is 1.91. The van der Waals surface area contributed by atoms with Gasteiger partial charge >= 0.3 is 5.97 Å². The zero-order chi connectivity index (χ0) is 18.0. The lowest BCUT2D eigenvalue weighted by molar-refractivity contribution is -0.143. The smallest absolute Gasteiger partial charge is 0.308 e. The van der Waals surface area contributed by atoms with Gasteiger partial charge in [-0.3, -0.25) is 9.59 Å². The Morgan fingerprint density at radius 3 is 2.52 bits per heavy atom. The Morgan fingerprint density at radius 1 is 1.39 bits per heavy atom. The minimum Gasteiger partial charge on any atom is -0.507 e. The van der Waals surface area contributed by atoms with Crippen molar-refractivity contribution in [2.45, 2.75) is 40.2 Å². The summed E-state index contributed by atoms with van der Waals surface area (Å²) in [4.78, 5) is 23.2. The van der Waals surface area contributed by atoms with Gasteiger partial charge in [0.1, 0.15) is 5.75 Å². The standard InChI is InChI=1S/C14H19ClN2O4.C2H6/c1-3-21-13(19)6-11(17-12(18)7-16)10-5-9(15)4-8(2)14(10)20;1-2/h4-5,11,20H,3,6-7,16H2,1-2H3,(H,17,18);1-2H3/t11-;/m0./s1. The normalized spacial score (nSPS) is 11.0. The van der Waals surface area contributed by atoms with Crippen molar-refractivity contribution < 1.29 is 19.4 Å². The lowest BCUT2D eigenvalue weighted by atomic mass is 10.00. The molecule has 0 heterocycles. The van der Waals surface area contributed by atoms with E-state index in [4.69, 9.17) is 22.1 Å². The second-order valence-electron chi connectivity index (χ2n) is 4.49. The third-order valence-corrected chi connectivity index (χ3v) is 3.09. The molecule has 0 fully saturated rings. The summed E-state index contributed by atoms with van der Waals surface area (Å²) in [5, 5.41) is 13.1. The number of nitrogens with one attached hydrogen (secondary N) is 1. The number of hydrogen-bond acceptors (Lipinski definition) is 5. The van der Waals surface area contributed by atoms with Crippen molar-refractivity contribution in [3.05, 3.63) is 28.3 Å². The van der Waals surface area contributed by atoms with Gasteiger partial charge in [0.05, 0.1) is 25.6 Å². The molecule has 0 saturated heterocycles.